The number of nitrogens with two attached hydrogens (primary N) is 1. The first-order valence-electron chi connectivity index (χ1n) is 25.8. The van der Waals surface area contributed by atoms with Crippen LogP contribution in [0.3, 0.4) is 0 Å². The number of ether oxygens (including phenoxy) is 5. The lowest BCUT2D eigenvalue weighted by Crippen LogP contribution is -2.60. The van der Waals surface area contributed by atoms with Gasteiger partial charge in [0.25, 0.3) is 5.67 Å². The fourth-order valence-corrected chi connectivity index (χ4v) is 11.8. The van der Waals surface area contributed by atoms with Crippen LogP contribution in [0.5, 0.6) is 0 Å². The average Bonchev–Trinajstić information content (AvgIpc) is 4.11. The van der Waals surface area contributed by atoms with E-state index in [-0.39, 0.29) is 42.2 Å². The van der Waals surface area contributed by atoms with Crippen molar-refractivity contribution < 1.29 is 55.7 Å². The van der Waals surface area contributed by atoms with Crippen LogP contribution < -0.4 is 5.14 Å². The molecular weight excluding hydrogens is 990 g/mol. The van der Waals surface area contributed by atoms with Gasteiger partial charge in [-0.3, -0.25) is 14.6 Å². The predicted molar refractivity (Wildman–Crippen MR) is 273 cm³/mol. The van der Waals surface area contributed by atoms with Crippen molar-refractivity contribution in [3.8, 4) is 11.3 Å². The van der Waals surface area contributed by atoms with Crippen molar-refractivity contribution in [1.29, 1.82) is 0 Å². The predicted octanol–water partition coefficient (Wildman–Crippen LogP) is 5.95. The number of primary sulfonamides is 1. The van der Waals surface area contributed by atoms with Gasteiger partial charge >= 0.3 is 12.1 Å². The smallest absolute Gasteiger partial charge is 0.410 e. The number of imidazole rings is 1. The maximum absolute atomic E-state index is 17.2. The monoisotopic (exact) mass is 1060 g/mol. The molecule has 22 heteroatoms. The summed E-state index contributed by atoms with van der Waals surface area (Å²) in [5, 5.41) is 13.9. The molecule has 0 aliphatic carbocycles. The van der Waals surface area contributed by atoms with Crippen LogP contribution in [0, 0.1) is 17.8 Å². The Bertz CT molecular complexity index is 2740. The zero-order valence-corrected chi connectivity index (χ0v) is 45.6. The van der Waals surface area contributed by atoms with E-state index < -0.39 is 87.0 Å². The molecule has 3 aliphatic rings. The number of hydrogen-bond donors (Lipinski definition) is 1. The highest BCUT2D eigenvalue weighted by atomic mass is 32.2. The van der Waals surface area contributed by atoms with E-state index in [1.165, 1.54) is 31.1 Å². The summed E-state index contributed by atoms with van der Waals surface area (Å²) in [4.78, 5) is 70.1. The van der Waals surface area contributed by atoms with Gasteiger partial charge in [0.15, 0.2) is 17.7 Å². The van der Waals surface area contributed by atoms with Crippen molar-refractivity contribution in [3.05, 3.63) is 78.8 Å². The van der Waals surface area contributed by atoms with Crippen molar-refractivity contribution in [2.75, 3.05) is 27.2 Å². The van der Waals surface area contributed by atoms with E-state index in [9.17, 15) is 27.6 Å². The van der Waals surface area contributed by atoms with Crippen LogP contribution in [0.15, 0.2) is 72.4 Å². The molecule has 0 bridgehead atoms. The summed E-state index contributed by atoms with van der Waals surface area (Å²) < 4.78 is 75.7. The van der Waals surface area contributed by atoms with Crippen molar-refractivity contribution >= 4 is 33.7 Å². The molecule has 7 rings (SSSR count). The number of rotatable bonds is 17. The van der Waals surface area contributed by atoms with Crippen LogP contribution in [0.25, 0.3) is 11.3 Å². The summed E-state index contributed by atoms with van der Waals surface area (Å²) in [5.74, 6) is -5.69. The van der Waals surface area contributed by atoms with Crippen LogP contribution >= 0.6 is 0 Å². The molecule has 3 fully saturated rings. The topological polar surface area (TPSA) is 242 Å². The number of likely N-dealkylation sites (N-methyl/N-ethyl adjacent to an activating group) is 1. The van der Waals surface area contributed by atoms with E-state index >= 15 is 4.39 Å². The zero-order chi connectivity index (χ0) is 54.6. The Hall–Kier alpha value is -5.52. The van der Waals surface area contributed by atoms with E-state index in [1.807, 2.05) is 43.1 Å². The number of hydrogen-bond acceptors (Lipinski definition) is 16. The number of carbonyl (C=O) groups is 4. The number of benzene rings is 1. The van der Waals surface area contributed by atoms with Gasteiger partial charge in [0.1, 0.15) is 11.9 Å². The standard InChI is InChI=1S/C53H74FN9O11S/c1-11-43-53(8)46(63(50(67)74-53)23-13-12-22-61-31-42(57-32-61)38-15-14-21-56-28-38)35(4)45(64)33(2)27-51(6,70-10)48(36(5)47(65)52(7,54)49(66)72-43)73-44-26-40(25-34(3)71-44)60(9)24-20-39-30-62(59-58-39)29-37-16-18-41(19-17-37)75(55,68)69/h14-19,21,28,30-36,40,43-44,46,48H,11-13,20,22-27,29H2,1-10H3,(H2,55,68,69)/t33-,34-,35+,36+,40+,43-,44+,46-,48-,51-,52+,53-/m1/s1. The third kappa shape index (κ3) is 12.8. The highest BCUT2D eigenvalue weighted by Gasteiger charge is 2.61. The Morgan fingerprint density at radius 2 is 1.69 bits per heavy atom. The third-order valence-corrected chi connectivity index (χ3v) is 16.5. The molecule has 12 atom stereocenters. The van der Waals surface area contributed by atoms with Gasteiger partial charge in [-0.15, -0.1) is 5.10 Å². The van der Waals surface area contributed by atoms with Crippen LogP contribution in [0.1, 0.15) is 105 Å². The number of amides is 1. The zero-order valence-electron chi connectivity index (χ0n) is 44.8. The van der Waals surface area contributed by atoms with Crippen LogP contribution in [0.4, 0.5) is 9.18 Å². The summed E-state index contributed by atoms with van der Waals surface area (Å²) in [6.45, 7) is 14.6. The van der Waals surface area contributed by atoms with E-state index in [2.05, 4.69) is 25.2 Å². The lowest BCUT2D eigenvalue weighted by Gasteiger charge is -2.46. The van der Waals surface area contributed by atoms with Crippen LogP contribution in [-0.2, 0) is 67.6 Å². The summed E-state index contributed by atoms with van der Waals surface area (Å²) in [7, 11) is -0.382. The maximum Gasteiger partial charge on any atom is 0.410 e. The van der Waals surface area contributed by atoms with Crippen molar-refractivity contribution in [2.45, 2.75) is 172 Å². The molecule has 410 valence electrons. The number of sulfonamides is 1. The number of cyclic esters (lactones) is 1. The number of aromatic nitrogens is 6. The van der Waals surface area contributed by atoms with Gasteiger partial charge in [-0.2, -0.15) is 0 Å². The molecule has 4 aromatic rings. The Labute approximate surface area is 439 Å². The first-order valence-corrected chi connectivity index (χ1v) is 27.4. The number of nitrogens with zero attached hydrogens (tertiary/aromatic N) is 8. The maximum atomic E-state index is 17.2. The molecule has 0 unspecified atom stereocenters. The third-order valence-electron chi connectivity index (χ3n) is 15.6. The number of carbonyl (C=O) groups excluding carboxylic acids is 4. The van der Waals surface area contributed by atoms with Crippen molar-refractivity contribution in [1.82, 2.24) is 39.3 Å². The minimum atomic E-state index is -3.81. The first kappa shape index (κ1) is 57.2. The minimum absolute atomic E-state index is 0.0222. The Morgan fingerprint density at radius 3 is 2.36 bits per heavy atom. The van der Waals surface area contributed by atoms with Gasteiger partial charge in [-0.05, 0) is 96.7 Å². The summed E-state index contributed by atoms with van der Waals surface area (Å²) in [6, 6.07) is 9.02. The van der Waals surface area contributed by atoms with Gasteiger partial charge in [0.2, 0.25) is 10.0 Å². The number of Topliss-reactive ketones (excluding diaryl/α,β-unsaturated/α-hetero) is 2. The lowest BCUT2D eigenvalue weighted by molar-refractivity contribution is -0.263. The van der Waals surface area contributed by atoms with Gasteiger partial charge in [0.05, 0.1) is 53.0 Å². The number of halogens is 1. The molecule has 0 spiro atoms. The normalized spacial score (nSPS) is 31.3. The number of fused-ring (bicyclic) bond motifs is 1. The van der Waals surface area contributed by atoms with E-state index in [0.717, 1.165) is 29.4 Å². The second kappa shape index (κ2) is 23.4. The SMILES string of the molecule is CC[C@H]1OC(=O)[C@@](C)(F)C(=O)[C@H](C)[C@@H](O[C@H]2C[C@@H](N(C)CCc3cn(Cc4ccc(S(N)(=O)=O)cc4)nn3)C[C@@H](C)O2)[C@](C)(OC)C[C@@H](C)C(=O)[C@H](C)[C@H]2N(CCCCn3cnc(-c4cccnc4)c3)C(=O)O[C@]12C. The molecular formula is C53H74FN9O11S. The van der Waals surface area contributed by atoms with Crippen molar-refractivity contribution in [3.63, 3.8) is 0 Å². The number of pyridine rings is 1. The number of esters is 1. The molecule has 0 saturated carbocycles. The summed E-state index contributed by atoms with van der Waals surface area (Å²) in [5.41, 5.74) is -2.97. The number of methoxy groups -OCH3 is 1. The molecule has 75 heavy (non-hydrogen) atoms. The Balaban J connectivity index is 1.07. The van der Waals surface area contributed by atoms with Gasteiger partial charge in [-0.1, -0.05) is 45.0 Å². The fraction of sp³-hybridized carbons (Fsp3) is 0.623. The van der Waals surface area contributed by atoms with E-state index in [4.69, 9.17) is 28.8 Å². The summed E-state index contributed by atoms with van der Waals surface area (Å²) >= 11 is 0. The molecule has 1 aromatic carbocycles. The highest BCUT2D eigenvalue weighted by molar-refractivity contribution is 7.89. The Kier molecular flexibility index (Phi) is 17.8. The van der Waals surface area contributed by atoms with Gasteiger partial charge < -0.3 is 38.1 Å². The average molecular weight is 1060 g/mol. The minimum Gasteiger partial charge on any atom is -0.455 e. The molecule has 0 radical (unpaired) electrons. The number of alkyl halides is 1. The highest BCUT2D eigenvalue weighted by Crippen LogP contribution is 2.44. The number of ketones is 2. The van der Waals surface area contributed by atoms with Gasteiger partial charge in [0, 0.05) is 93.7 Å². The molecule has 1 amide bonds. The quantitative estimate of drug-likeness (QED) is 0.0730. The summed E-state index contributed by atoms with van der Waals surface area (Å²) in [6.07, 6.45) is 7.43. The molecule has 3 aromatic heterocycles. The second-order valence-corrected chi connectivity index (χ2v) is 22.9. The molecule has 2 N–H and O–H groups in total. The van der Waals surface area contributed by atoms with Crippen molar-refractivity contribution in [2.24, 2.45) is 22.9 Å². The number of aryl methyl sites for hydroxylation is 1. The molecule has 3 aliphatic heterocycles. The fourth-order valence-electron chi connectivity index (χ4n) is 11.3. The second-order valence-electron chi connectivity index (χ2n) is 21.3. The Morgan fingerprint density at radius 1 is 0.973 bits per heavy atom. The van der Waals surface area contributed by atoms with Crippen LogP contribution in [0.2, 0.25) is 0 Å². The molecule has 3 saturated heterocycles. The van der Waals surface area contributed by atoms with E-state index in [1.54, 1.807) is 70.2 Å². The van der Waals surface area contributed by atoms with Gasteiger partial charge in [-0.25, -0.2) is 37.2 Å². The van der Waals surface area contributed by atoms with E-state index in [0.29, 0.717) is 51.7 Å². The largest absolute Gasteiger partial charge is 0.455 e. The first-order chi connectivity index (χ1) is 35.4. The lowest BCUT2D eigenvalue weighted by atomic mass is 9.73. The molecule has 6 heterocycles. The molecule has 20 nitrogen and oxygen atoms in total. The number of unbranched alkanes of at least 4 members (excludes halogenated alkanes) is 1. The van der Waals surface area contributed by atoms with Crippen LogP contribution in [-0.4, -0.2) is 152 Å².